The van der Waals surface area contributed by atoms with Crippen molar-refractivity contribution in [1.82, 2.24) is 5.32 Å². The zero-order valence-corrected chi connectivity index (χ0v) is 12.0. The van der Waals surface area contributed by atoms with Crippen molar-refractivity contribution in [1.29, 1.82) is 0 Å². The van der Waals surface area contributed by atoms with Gasteiger partial charge in [0.1, 0.15) is 0 Å². The van der Waals surface area contributed by atoms with Gasteiger partial charge in [-0.3, -0.25) is 0 Å². The van der Waals surface area contributed by atoms with Crippen molar-refractivity contribution < 1.29 is 13.2 Å². The molecule has 1 fully saturated rings. The fourth-order valence-corrected chi connectivity index (χ4v) is 2.83. The molecule has 1 saturated heterocycles. The molecule has 0 aliphatic carbocycles. The van der Waals surface area contributed by atoms with E-state index in [0.717, 1.165) is 25.9 Å². The van der Waals surface area contributed by atoms with E-state index in [-0.39, 0.29) is 17.1 Å². The van der Waals surface area contributed by atoms with E-state index in [1.807, 2.05) is 0 Å². The first-order valence-corrected chi connectivity index (χ1v) is 8.30. The highest BCUT2D eigenvalue weighted by Crippen LogP contribution is 2.27. The number of hydrogen-bond acceptors (Lipinski definition) is 4. The summed E-state index contributed by atoms with van der Waals surface area (Å²) in [5, 5.41) is 3.34. The molecule has 0 aromatic carbocycles. The maximum atomic E-state index is 11.4. The van der Waals surface area contributed by atoms with Crippen molar-refractivity contribution in [3.63, 3.8) is 0 Å². The molecule has 0 saturated carbocycles. The first-order valence-electron chi connectivity index (χ1n) is 6.48. The van der Waals surface area contributed by atoms with Crippen LogP contribution in [0.25, 0.3) is 0 Å². The summed E-state index contributed by atoms with van der Waals surface area (Å²) in [5.41, 5.74) is -0.0421. The van der Waals surface area contributed by atoms with E-state index in [1.165, 1.54) is 0 Å². The smallest absolute Gasteiger partial charge is 0.151 e. The topological polar surface area (TPSA) is 55.4 Å². The van der Waals surface area contributed by atoms with Crippen LogP contribution in [0, 0.1) is 0 Å². The fourth-order valence-electron chi connectivity index (χ4n) is 2.11. The summed E-state index contributed by atoms with van der Waals surface area (Å²) < 4.78 is 28.5. The van der Waals surface area contributed by atoms with Gasteiger partial charge in [0.25, 0.3) is 0 Å². The lowest BCUT2D eigenvalue weighted by atomic mass is 9.90. The predicted molar refractivity (Wildman–Crippen MR) is 70.0 cm³/mol. The largest absolute Gasteiger partial charge is 0.375 e. The standard InChI is InChI=1S/C12H25NO3S/c1-4-12(3)10-11(6-8-16-12)13-7-9-17(14,15)5-2/h11,13H,4-10H2,1-3H3. The van der Waals surface area contributed by atoms with Crippen LogP contribution in [0.4, 0.5) is 0 Å². The molecular weight excluding hydrogens is 238 g/mol. The SMILES string of the molecule is CCC1(C)CC(NCCS(=O)(=O)CC)CCO1. The second kappa shape index (κ2) is 6.16. The molecule has 17 heavy (non-hydrogen) atoms. The molecule has 2 atom stereocenters. The average molecular weight is 263 g/mol. The van der Waals surface area contributed by atoms with Crippen LogP contribution in [0.1, 0.15) is 40.0 Å². The Morgan fingerprint density at radius 1 is 1.41 bits per heavy atom. The molecule has 1 heterocycles. The Balaban J connectivity index is 2.33. The van der Waals surface area contributed by atoms with Crippen LogP contribution in [0.5, 0.6) is 0 Å². The zero-order valence-electron chi connectivity index (χ0n) is 11.2. The van der Waals surface area contributed by atoms with Crippen LogP contribution < -0.4 is 5.32 Å². The Hall–Kier alpha value is -0.130. The van der Waals surface area contributed by atoms with Crippen molar-refractivity contribution >= 4 is 9.84 Å². The maximum absolute atomic E-state index is 11.4. The summed E-state index contributed by atoms with van der Waals surface area (Å²) in [7, 11) is -2.85. The fraction of sp³-hybridized carbons (Fsp3) is 1.00. The third-order valence-electron chi connectivity index (χ3n) is 3.63. The van der Waals surface area contributed by atoms with Gasteiger partial charge in [0.05, 0.1) is 11.4 Å². The Bertz CT molecular complexity index is 329. The van der Waals surface area contributed by atoms with Gasteiger partial charge >= 0.3 is 0 Å². The minimum Gasteiger partial charge on any atom is -0.375 e. The molecule has 1 aliphatic heterocycles. The molecule has 0 radical (unpaired) electrons. The van der Waals surface area contributed by atoms with Crippen LogP contribution >= 0.6 is 0 Å². The summed E-state index contributed by atoms with van der Waals surface area (Å²) in [4.78, 5) is 0. The summed E-state index contributed by atoms with van der Waals surface area (Å²) in [6, 6.07) is 0.390. The lowest BCUT2D eigenvalue weighted by Gasteiger charge is -2.38. The van der Waals surface area contributed by atoms with Gasteiger partial charge in [0.2, 0.25) is 0 Å². The molecule has 0 spiro atoms. The molecule has 0 bridgehead atoms. The van der Waals surface area contributed by atoms with Crippen LogP contribution in [-0.2, 0) is 14.6 Å². The Labute approximate surface area is 105 Å². The molecule has 2 unspecified atom stereocenters. The summed E-state index contributed by atoms with van der Waals surface area (Å²) in [6.45, 7) is 7.27. The van der Waals surface area contributed by atoms with Gasteiger partial charge < -0.3 is 10.1 Å². The second-order valence-corrected chi connectivity index (χ2v) is 7.50. The maximum Gasteiger partial charge on any atom is 0.151 e. The summed E-state index contributed by atoms with van der Waals surface area (Å²) >= 11 is 0. The third kappa shape index (κ3) is 4.94. The zero-order chi connectivity index (χ0) is 12.9. The van der Waals surface area contributed by atoms with E-state index in [0.29, 0.717) is 12.6 Å². The highest BCUT2D eigenvalue weighted by Gasteiger charge is 2.31. The molecule has 1 rings (SSSR count). The van der Waals surface area contributed by atoms with Gasteiger partial charge in [0, 0.05) is 24.9 Å². The molecule has 0 aromatic heterocycles. The van der Waals surface area contributed by atoms with E-state index in [2.05, 4.69) is 19.2 Å². The summed E-state index contributed by atoms with van der Waals surface area (Å²) in [6.07, 6.45) is 2.94. The number of ether oxygens (including phenoxy) is 1. The minimum atomic E-state index is -2.85. The van der Waals surface area contributed by atoms with Crippen molar-refractivity contribution in [2.24, 2.45) is 0 Å². The first kappa shape index (κ1) is 14.9. The van der Waals surface area contributed by atoms with Gasteiger partial charge in [-0.2, -0.15) is 0 Å². The van der Waals surface area contributed by atoms with Crippen LogP contribution in [-0.4, -0.2) is 44.7 Å². The van der Waals surface area contributed by atoms with Crippen LogP contribution in [0.2, 0.25) is 0 Å². The molecule has 1 aliphatic rings. The molecule has 102 valence electrons. The average Bonchev–Trinajstić information content (AvgIpc) is 2.29. The molecule has 1 N–H and O–H groups in total. The van der Waals surface area contributed by atoms with Gasteiger partial charge in [-0.25, -0.2) is 8.42 Å². The number of rotatable bonds is 6. The van der Waals surface area contributed by atoms with Crippen LogP contribution in [0.3, 0.4) is 0 Å². The highest BCUT2D eigenvalue weighted by molar-refractivity contribution is 7.91. The Kier molecular flexibility index (Phi) is 5.41. The number of nitrogens with one attached hydrogen (secondary N) is 1. The summed E-state index contributed by atoms with van der Waals surface area (Å²) in [5.74, 6) is 0.471. The Morgan fingerprint density at radius 2 is 2.12 bits per heavy atom. The lowest BCUT2D eigenvalue weighted by Crippen LogP contribution is -2.46. The lowest BCUT2D eigenvalue weighted by molar-refractivity contribution is -0.0776. The minimum absolute atomic E-state index is 0.0421. The van der Waals surface area contributed by atoms with Gasteiger partial charge in [0.15, 0.2) is 9.84 Å². The Morgan fingerprint density at radius 3 is 2.71 bits per heavy atom. The molecule has 5 heteroatoms. The van der Waals surface area contributed by atoms with E-state index in [9.17, 15) is 8.42 Å². The molecule has 0 amide bonds. The number of sulfone groups is 1. The van der Waals surface area contributed by atoms with E-state index < -0.39 is 9.84 Å². The van der Waals surface area contributed by atoms with Crippen molar-refractivity contribution in [3.05, 3.63) is 0 Å². The van der Waals surface area contributed by atoms with Crippen LogP contribution in [0.15, 0.2) is 0 Å². The normalized spacial score (nSPS) is 30.4. The molecular formula is C12H25NO3S. The quantitative estimate of drug-likeness (QED) is 0.786. The van der Waals surface area contributed by atoms with Gasteiger partial charge in [-0.05, 0) is 26.2 Å². The van der Waals surface area contributed by atoms with E-state index in [4.69, 9.17) is 4.74 Å². The number of hydrogen-bond donors (Lipinski definition) is 1. The first-order chi connectivity index (χ1) is 7.91. The van der Waals surface area contributed by atoms with E-state index in [1.54, 1.807) is 6.92 Å². The molecule has 4 nitrogen and oxygen atoms in total. The van der Waals surface area contributed by atoms with Gasteiger partial charge in [-0.15, -0.1) is 0 Å². The van der Waals surface area contributed by atoms with Crippen molar-refractivity contribution in [2.45, 2.75) is 51.7 Å². The molecule has 0 aromatic rings. The second-order valence-electron chi connectivity index (χ2n) is 5.03. The highest BCUT2D eigenvalue weighted by atomic mass is 32.2. The third-order valence-corrected chi connectivity index (χ3v) is 5.33. The van der Waals surface area contributed by atoms with Gasteiger partial charge in [-0.1, -0.05) is 13.8 Å². The predicted octanol–water partition coefficient (Wildman–Crippen LogP) is 1.36. The van der Waals surface area contributed by atoms with Crippen molar-refractivity contribution in [3.8, 4) is 0 Å². The monoisotopic (exact) mass is 263 g/mol. The van der Waals surface area contributed by atoms with Crippen molar-refractivity contribution in [2.75, 3.05) is 24.7 Å². The van der Waals surface area contributed by atoms with E-state index >= 15 is 0 Å².